The molecule has 0 fully saturated rings. The Kier molecular flexibility index (Phi) is 5.22. The van der Waals surface area contributed by atoms with E-state index >= 15 is 0 Å². The van der Waals surface area contributed by atoms with Crippen molar-refractivity contribution in [1.82, 2.24) is 4.98 Å². The lowest BCUT2D eigenvalue weighted by molar-refractivity contribution is 0.280. The van der Waals surface area contributed by atoms with Crippen molar-refractivity contribution in [2.24, 2.45) is 0 Å². The molecule has 5 heteroatoms. The first-order chi connectivity index (χ1) is 9.22. The molecule has 1 aromatic heterocycles. The fourth-order valence-corrected chi connectivity index (χ4v) is 2.14. The molecule has 0 amide bonds. The van der Waals surface area contributed by atoms with Crippen LogP contribution in [0.3, 0.4) is 0 Å². The summed E-state index contributed by atoms with van der Waals surface area (Å²) in [5.74, 6) is 1.45. The molecule has 0 spiro atoms. The lowest BCUT2D eigenvalue weighted by Crippen LogP contribution is -2.00. The van der Waals surface area contributed by atoms with Crippen LogP contribution in [-0.4, -0.2) is 12.1 Å². The van der Waals surface area contributed by atoms with Gasteiger partial charge in [-0.05, 0) is 45.8 Å². The number of methoxy groups -OCH3 is 1. The quantitative estimate of drug-likeness (QED) is 0.716. The van der Waals surface area contributed by atoms with Crippen molar-refractivity contribution in [3.63, 3.8) is 0 Å². The van der Waals surface area contributed by atoms with Crippen molar-refractivity contribution in [2.45, 2.75) is 11.9 Å². The van der Waals surface area contributed by atoms with Crippen molar-refractivity contribution < 1.29 is 9.47 Å². The molecule has 0 bridgehead atoms. The van der Waals surface area contributed by atoms with Crippen LogP contribution < -0.4 is 9.47 Å². The Labute approximate surface area is 129 Å². The van der Waals surface area contributed by atoms with Gasteiger partial charge in [-0.3, -0.25) is 4.98 Å². The summed E-state index contributed by atoms with van der Waals surface area (Å²) in [6.07, 6.45) is 1.75. The number of aromatic nitrogens is 1. The van der Waals surface area contributed by atoms with Crippen LogP contribution in [0.5, 0.6) is 11.5 Å². The number of nitrogens with zero attached hydrogens (tertiary/aromatic N) is 1. The first kappa shape index (κ1) is 14.3. The maximum absolute atomic E-state index is 5.77. The Hall–Kier alpha value is -1.07. The summed E-state index contributed by atoms with van der Waals surface area (Å²) < 4.78 is 12.0. The van der Waals surface area contributed by atoms with Crippen LogP contribution in [-0.2, 0) is 11.9 Å². The Morgan fingerprint density at radius 1 is 1.16 bits per heavy atom. The van der Waals surface area contributed by atoms with E-state index in [0.717, 1.165) is 32.6 Å². The molecule has 0 radical (unpaired) electrons. The third kappa shape index (κ3) is 3.94. The van der Waals surface area contributed by atoms with Gasteiger partial charge in [-0.15, -0.1) is 0 Å². The minimum absolute atomic E-state index is 0.412. The van der Waals surface area contributed by atoms with E-state index in [4.69, 9.17) is 9.47 Å². The van der Waals surface area contributed by atoms with Crippen LogP contribution >= 0.6 is 31.9 Å². The summed E-state index contributed by atoms with van der Waals surface area (Å²) in [7, 11) is 1.63. The van der Waals surface area contributed by atoms with Gasteiger partial charge in [-0.2, -0.15) is 0 Å². The van der Waals surface area contributed by atoms with E-state index in [1.165, 1.54) is 0 Å². The van der Waals surface area contributed by atoms with E-state index in [1.807, 2.05) is 30.3 Å². The highest BCUT2D eigenvalue weighted by molar-refractivity contribution is 9.10. The van der Waals surface area contributed by atoms with Crippen LogP contribution in [0.1, 0.15) is 11.3 Å². The third-order valence-corrected chi connectivity index (χ3v) is 3.66. The highest BCUT2D eigenvalue weighted by Crippen LogP contribution is 2.29. The smallest absolute Gasteiger partial charge is 0.162 e. The van der Waals surface area contributed by atoms with Crippen molar-refractivity contribution in [2.75, 3.05) is 7.11 Å². The van der Waals surface area contributed by atoms with Crippen LogP contribution in [0.4, 0.5) is 0 Å². The normalized spacial score (nSPS) is 10.3. The van der Waals surface area contributed by atoms with Gasteiger partial charge in [0.05, 0.1) is 12.8 Å². The lowest BCUT2D eigenvalue weighted by atomic mass is 10.2. The highest BCUT2D eigenvalue weighted by Gasteiger charge is 2.06. The van der Waals surface area contributed by atoms with Gasteiger partial charge in [0.15, 0.2) is 11.5 Å². The highest BCUT2D eigenvalue weighted by atomic mass is 79.9. The minimum Gasteiger partial charge on any atom is -0.493 e. The van der Waals surface area contributed by atoms with E-state index in [-0.39, 0.29) is 0 Å². The molecule has 3 nitrogen and oxygen atoms in total. The SMILES string of the molecule is COc1ccc(CBr)cc1OCc1ccc(Br)cn1. The van der Waals surface area contributed by atoms with Crippen LogP contribution in [0.2, 0.25) is 0 Å². The van der Waals surface area contributed by atoms with Gasteiger partial charge >= 0.3 is 0 Å². The van der Waals surface area contributed by atoms with Gasteiger partial charge in [-0.25, -0.2) is 0 Å². The van der Waals surface area contributed by atoms with Gasteiger partial charge < -0.3 is 9.47 Å². The number of benzene rings is 1. The molecule has 0 aliphatic rings. The monoisotopic (exact) mass is 385 g/mol. The van der Waals surface area contributed by atoms with Crippen LogP contribution in [0, 0.1) is 0 Å². The summed E-state index contributed by atoms with van der Waals surface area (Å²) in [5.41, 5.74) is 2.01. The molecule has 19 heavy (non-hydrogen) atoms. The molecule has 0 aliphatic carbocycles. The summed E-state index contributed by atoms with van der Waals surface area (Å²) in [5, 5.41) is 0.782. The molecule has 0 unspecified atom stereocenters. The third-order valence-electron chi connectivity index (χ3n) is 2.55. The topological polar surface area (TPSA) is 31.4 Å². The summed E-state index contributed by atoms with van der Waals surface area (Å²) in [4.78, 5) is 4.27. The van der Waals surface area contributed by atoms with Gasteiger partial charge in [0.2, 0.25) is 0 Å². The average Bonchev–Trinajstić information content (AvgIpc) is 2.46. The fourth-order valence-electron chi connectivity index (χ4n) is 1.56. The van der Waals surface area contributed by atoms with Gasteiger partial charge in [0.1, 0.15) is 6.61 Å². The minimum atomic E-state index is 0.412. The molecule has 2 aromatic rings. The molecular formula is C14H13Br2NO2. The number of hydrogen-bond donors (Lipinski definition) is 0. The second-order valence-electron chi connectivity index (χ2n) is 3.88. The lowest BCUT2D eigenvalue weighted by Gasteiger charge is -2.11. The Morgan fingerprint density at radius 3 is 2.63 bits per heavy atom. The Morgan fingerprint density at radius 2 is 2.00 bits per heavy atom. The number of alkyl halides is 1. The molecule has 0 aliphatic heterocycles. The average molecular weight is 387 g/mol. The molecule has 2 rings (SSSR count). The van der Waals surface area contributed by atoms with Crippen molar-refractivity contribution >= 4 is 31.9 Å². The zero-order valence-corrected chi connectivity index (χ0v) is 13.6. The summed E-state index contributed by atoms with van der Waals surface area (Å²) in [6, 6.07) is 9.73. The van der Waals surface area contributed by atoms with E-state index in [9.17, 15) is 0 Å². The maximum Gasteiger partial charge on any atom is 0.162 e. The summed E-state index contributed by atoms with van der Waals surface area (Å²) in [6.45, 7) is 0.412. The predicted octanol–water partition coefficient (Wildman–Crippen LogP) is 4.33. The number of pyridine rings is 1. The standard InChI is InChI=1S/C14H13Br2NO2/c1-18-13-5-2-10(7-15)6-14(13)19-9-12-4-3-11(16)8-17-12/h2-6,8H,7,9H2,1H3. The molecule has 1 aromatic carbocycles. The van der Waals surface area contributed by atoms with Gasteiger partial charge in [-0.1, -0.05) is 22.0 Å². The van der Waals surface area contributed by atoms with E-state index in [1.54, 1.807) is 13.3 Å². The van der Waals surface area contributed by atoms with Crippen molar-refractivity contribution in [3.05, 3.63) is 52.3 Å². The molecule has 100 valence electrons. The van der Waals surface area contributed by atoms with Gasteiger partial charge in [0, 0.05) is 16.0 Å². The van der Waals surface area contributed by atoms with Crippen LogP contribution in [0.25, 0.3) is 0 Å². The number of rotatable bonds is 5. The largest absolute Gasteiger partial charge is 0.493 e. The number of hydrogen-bond acceptors (Lipinski definition) is 3. The second kappa shape index (κ2) is 6.91. The van der Waals surface area contributed by atoms with Crippen molar-refractivity contribution in [3.8, 4) is 11.5 Å². The molecule has 1 heterocycles. The van der Waals surface area contributed by atoms with Gasteiger partial charge in [0.25, 0.3) is 0 Å². The molecule has 0 atom stereocenters. The number of halogens is 2. The van der Waals surface area contributed by atoms with Crippen LogP contribution in [0.15, 0.2) is 41.0 Å². The first-order valence-corrected chi connectivity index (χ1v) is 7.60. The number of ether oxygens (including phenoxy) is 2. The molecular weight excluding hydrogens is 374 g/mol. The Balaban J connectivity index is 2.11. The van der Waals surface area contributed by atoms with E-state index < -0.39 is 0 Å². The van der Waals surface area contributed by atoms with E-state index in [2.05, 4.69) is 36.8 Å². The fraction of sp³-hybridized carbons (Fsp3) is 0.214. The molecule has 0 saturated carbocycles. The van der Waals surface area contributed by atoms with Crippen molar-refractivity contribution in [1.29, 1.82) is 0 Å². The molecule has 0 saturated heterocycles. The second-order valence-corrected chi connectivity index (χ2v) is 5.35. The maximum atomic E-state index is 5.77. The zero-order valence-electron chi connectivity index (χ0n) is 10.4. The molecule has 0 N–H and O–H groups in total. The summed E-state index contributed by atoms with van der Waals surface area (Å²) >= 11 is 6.78. The Bertz CT molecular complexity index is 544. The first-order valence-electron chi connectivity index (χ1n) is 5.69. The zero-order chi connectivity index (χ0) is 13.7. The predicted molar refractivity (Wildman–Crippen MR) is 81.9 cm³/mol. The van der Waals surface area contributed by atoms with E-state index in [0.29, 0.717) is 6.61 Å².